The summed E-state index contributed by atoms with van der Waals surface area (Å²) < 4.78 is 28.4. The maximum Gasteiger partial charge on any atom is 0.243 e. The van der Waals surface area contributed by atoms with Crippen molar-refractivity contribution in [3.05, 3.63) is 93.9 Å². The van der Waals surface area contributed by atoms with Crippen molar-refractivity contribution < 1.29 is 13.2 Å². The van der Waals surface area contributed by atoms with Crippen molar-refractivity contribution in [3.63, 3.8) is 0 Å². The SMILES string of the molecule is O=C(CN(Cc1ccccc1Cl)S(=O)(=O)c1ccc(Br)cc1)Nc1ccccc1. The molecule has 0 saturated carbocycles. The zero-order chi connectivity index (χ0) is 20.9. The van der Waals surface area contributed by atoms with E-state index < -0.39 is 15.9 Å². The van der Waals surface area contributed by atoms with Gasteiger partial charge in [0.25, 0.3) is 0 Å². The molecule has 5 nitrogen and oxygen atoms in total. The minimum atomic E-state index is -3.93. The number of hydrogen-bond donors (Lipinski definition) is 1. The number of para-hydroxylation sites is 1. The summed E-state index contributed by atoms with van der Waals surface area (Å²) in [5, 5.41) is 3.16. The minimum absolute atomic E-state index is 0.0275. The van der Waals surface area contributed by atoms with Gasteiger partial charge < -0.3 is 5.32 Å². The Morgan fingerprint density at radius 1 is 0.931 bits per heavy atom. The third-order valence-electron chi connectivity index (χ3n) is 4.13. The number of hydrogen-bond acceptors (Lipinski definition) is 3. The van der Waals surface area contributed by atoms with Crippen LogP contribution in [0, 0.1) is 0 Å². The van der Waals surface area contributed by atoms with Crippen LogP contribution >= 0.6 is 27.5 Å². The first-order chi connectivity index (χ1) is 13.9. The van der Waals surface area contributed by atoms with Crippen molar-refractivity contribution in [2.75, 3.05) is 11.9 Å². The number of nitrogens with one attached hydrogen (secondary N) is 1. The Balaban J connectivity index is 1.89. The first-order valence-electron chi connectivity index (χ1n) is 8.70. The van der Waals surface area contributed by atoms with Crippen LogP contribution in [0.1, 0.15) is 5.56 Å². The van der Waals surface area contributed by atoms with Crippen LogP contribution in [0.15, 0.2) is 88.2 Å². The number of amides is 1. The van der Waals surface area contributed by atoms with Crippen molar-refractivity contribution in [2.45, 2.75) is 11.4 Å². The minimum Gasteiger partial charge on any atom is -0.325 e. The van der Waals surface area contributed by atoms with Gasteiger partial charge in [-0.15, -0.1) is 0 Å². The second-order valence-corrected chi connectivity index (χ2v) is 9.49. The fourth-order valence-corrected chi connectivity index (χ4v) is 4.51. The summed E-state index contributed by atoms with van der Waals surface area (Å²) in [6, 6.07) is 22.1. The van der Waals surface area contributed by atoms with Gasteiger partial charge in [0.05, 0.1) is 11.4 Å². The van der Waals surface area contributed by atoms with Gasteiger partial charge in [-0.05, 0) is 48.0 Å². The highest BCUT2D eigenvalue weighted by atomic mass is 79.9. The number of nitrogens with zero attached hydrogens (tertiary/aromatic N) is 1. The third-order valence-corrected chi connectivity index (χ3v) is 6.84. The van der Waals surface area contributed by atoms with E-state index in [0.29, 0.717) is 16.3 Å². The molecule has 0 spiro atoms. The summed E-state index contributed by atoms with van der Waals surface area (Å²) in [6.45, 7) is -0.376. The summed E-state index contributed by atoms with van der Waals surface area (Å²) in [4.78, 5) is 12.7. The Morgan fingerprint density at radius 2 is 1.55 bits per heavy atom. The molecule has 3 aromatic carbocycles. The second kappa shape index (κ2) is 9.54. The van der Waals surface area contributed by atoms with E-state index in [1.54, 1.807) is 60.7 Å². The first kappa shape index (κ1) is 21.5. The van der Waals surface area contributed by atoms with Gasteiger partial charge >= 0.3 is 0 Å². The highest BCUT2D eigenvalue weighted by molar-refractivity contribution is 9.10. The quantitative estimate of drug-likeness (QED) is 0.507. The average molecular weight is 494 g/mol. The fraction of sp³-hybridized carbons (Fsp3) is 0.0952. The number of benzene rings is 3. The average Bonchev–Trinajstić information content (AvgIpc) is 2.70. The van der Waals surface area contributed by atoms with Gasteiger partial charge in [-0.3, -0.25) is 4.79 Å². The Kier molecular flexibility index (Phi) is 7.08. The number of rotatable bonds is 7. The van der Waals surface area contributed by atoms with Crippen LogP contribution in [0.2, 0.25) is 5.02 Å². The smallest absolute Gasteiger partial charge is 0.243 e. The molecule has 0 fully saturated rings. The van der Waals surface area contributed by atoms with Gasteiger partial charge in [0.2, 0.25) is 15.9 Å². The normalized spacial score (nSPS) is 11.4. The molecule has 8 heteroatoms. The third kappa shape index (κ3) is 5.67. The Labute approximate surface area is 183 Å². The van der Waals surface area contributed by atoms with Gasteiger partial charge in [0.1, 0.15) is 0 Å². The molecule has 0 aliphatic carbocycles. The maximum absolute atomic E-state index is 13.2. The van der Waals surface area contributed by atoms with E-state index in [-0.39, 0.29) is 18.0 Å². The van der Waals surface area contributed by atoms with E-state index in [9.17, 15) is 13.2 Å². The molecule has 3 aromatic rings. The largest absolute Gasteiger partial charge is 0.325 e. The van der Waals surface area contributed by atoms with Crippen LogP contribution in [0.25, 0.3) is 0 Å². The molecule has 29 heavy (non-hydrogen) atoms. The molecule has 0 atom stereocenters. The Morgan fingerprint density at radius 3 is 2.21 bits per heavy atom. The number of halogens is 2. The molecule has 150 valence electrons. The first-order valence-corrected chi connectivity index (χ1v) is 11.3. The monoisotopic (exact) mass is 492 g/mol. The highest BCUT2D eigenvalue weighted by Crippen LogP contribution is 2.23. The summed E-state index contributed by atoms with van der Waals surface area (Å²) >= 11 is 9.52. The second-order valence-electron chi connectivity index (χ2n) is 6.23. The van der Waals surface area contributed by atoms with Crippen LogP contribution in [-0.4, -0.2) is 25.2 Å². The van der Waals surface area contributed by atoms with Crippen LogP contribution in [-0.2, 0) is 21.4 Å². The number of carbonyl (C=O) groups is 1. The lowest BCUT2D eigenvalue weighted by molar-refractivity contribution is -0.116. The molecule has 0 aliphatic heterocycles. The number of sulfonamides is 1. The molecule has 3 rings (SSSR count). The van der Waals surface area contributed by atoms with Crippen LogP contribution in [0.4, 0.5) is 5.69 Å². The van der Waals surface area contributed by atoms with Gasteiger partial charge in [-0.1, -0.05) is 63.9 Å². The Bertz CT molecular complexity index is 1090. The molecule has 0 unspecified atom stereocenters. The van der Waals surface area contributed by atoms with Gasteiger partial charge in [-0.2, -0.15) is 4.31 Å². The molecule has 1 amide bonds. The number of carbonyl (C=O) groups excluding carboxylic acids is 1. The molecule has 1 N–H and O–H groups in total. The Hall–Kier alpha value is -2.19. The molecule has 0 bridgehead atoms. The van der Waals surface area contributed by atoms with E-state index in [1.165, 1.54) is 12.1 Å². The number of anilines is 1. The zero-order valence-corrected chi connectivity index (χ0v) is 18.4. The topological polar surface area (TPSA) is 66.5 Å². The van der Waals surface area contributed by atoms with Crippen LogP contribution in [0.5, 0.6) is 0 Å². The van der Waals surface area contributed by atoms with Crippen molar-refractivity contribution in [1.29, 1.82) is 0 Å². The van der Waals surface area contributed by atoms with E-state index in [0.717, 1.165) is 8.78 Å². The molecule has 0 radical (unpaired) electrons. The van der Waals surface area contributed by atoms with Crippen molar-refractivity contribution in [3.8, 4) is 0 Å². The van der Waals surface area contributed by atoms with E-state index in [1.807, 2.05) is 6.07 Å². The van der Waals surface area contributed by atoms with Crippen molar-refractivity contribution >= 4 is 49.1 Å². The van der Waals surface area contributed by atoms with Crippen molar-refractivity contribution in [1.82, 2.24) is 4.31 Å². The summed E-state index contributed by atoms with van der Waals surface area (Å²) in [5.74, 6) is -0.441. The van der Waals surface area contributed by atoms with Gasteiger partial charge in [-0.25, -0.2) is 8.42 Å². The molecular formula is C21H18BrClN2O3S. The predicted molar refractivity (Wildman–Crippen MR) is 118 cm³/mol. The fourth-order valence-electron chi connectivity index (χ4n) is 2.68. The van der Waals surface area contributed by atoms with Gasteiger partial charge in [0, 0.05) is 21.7 Å². The summed E-state index contributed by atoms with van der Waals surface area (Å²) in [5.41, 5.74) is 1.21. The molecule has 0 heterocycles. The van der Waals surface area contributed by atoms with E-state index >= 15 is 0 Å². The standard InChI is InChI=1S/C21H18BrClN2O3S/c22-17-10-12-19(13-11-17)29(27,28)25(14-16-6-4-5-9-20(16)23)15-21(26)24-18-7-2-1-3-8-18/h1-13H,14-15H2,(H,24,26). The van der Waals surface area contributed by atoms with Crippen molar-refractivity contribution in [2.24, 2.45) is 0 Å². The lowest BCUT2D eigenvalue weighted by Gasteiger charge is -2.22. The summed E-state index contributed by atoms with van der Waals surface area (Å²) in [6.07, 6.45) is 0. The lowest BCUT2D eigenvalue weighted by Crippen LogP contribution is -2.37. The van der Waals surface area contributed by atoms with Crippen LogP contribution in [0.3, 0.4) is 0 Å². The molecular weight excluding hydrogens is 476 g/mol. The van der Waals surface area contributed by atoms with Gasteiger partial charge in [0.15, 0.2) is 0 Å². The molecule has 0 aliphatic rings. The predicted octanol–water partition coefficient (Wildman–Crippen LogP) is 4.93. The van der Waals surface area contributed by atoms with Crippen LogP contribution < -0.4 is 5.32 Å². The van der Waals surface area contributed by atoms with E-state index in [4.69, 9.17) is 11.6 Å². The zero-order valence-electron chi connectivity index (χ0n) is 15.3. The maximum atomic E-state index is 13.2. The lowest BCUT2D eigenvalue weighted by atomic mass is 10.2. The molecule has 0 saturated heterocycles. The molecule has 0 aromatic heterocycles. The summed E-state index contributed by atoms with van der Waals surface area (Å²) in [7, 11) is -3.93. The van der Waals surface area contributed by atoms with E-state index in [2.05, 4.69) is 21.2 Å². The highest BCUT2D eigenvalue weighted by Gasteiger charge is 2.27.